The Morgan fingerprint density at radius 1 is 1.06 bits per heavy atom. The highest BCUT2D eigenvalue weighted by Gasteiger charge is 2.25. The van der Waals surface area contributed by atoms with Crippen LogP contribution in [0.1, 0.15) is 19.3 Å². The van der Waals surface area contributed by atoms with Crippen molar-refractivity contribution < 1.29 is 8.42 Å². The molecule has 0 bridgehead atoms. The second kappa shape index (κ2) is 5.06. The van der Waals surface area contributed by atoms with Crippen molar-refractivity contribution in [1.29, 1.82) is 0 Å². The van der Waals surface area contributed by atoms with Crippen molar-refractivity contribution in [3.63, 3.8) is 0 Å². The minimum absolute atomic E-state index is 0.332. The van der Waals surface area contributed by atoms with E-state index in [0.29, 0.717) is 23.7 Å². The molecule has 0 aliphatic carbocycles. The van der Waals surface area contributed by atoms with Crippen LogP contribution in [0, 0.1) is 7.05 Å². The lowest BCUT2D eigenvalue weighted by molar-refractivity contribution is 0.346. The summed E-state index contributed by atoms with van der Waals surface area (Å²) < 4.78 is 26.1. The van der Waals surface area contributed by atoms with Crippen LogP contribution in [0.5, 0.6) is 0 Å². The van der Waals surface area contributed by atoms with Gasteiger partial charge in [0.05, 0.1) is 11.9 Å². The number of benzene rings is 1. The summed E-state index contributed by atoms with van der Waals surface area (Å²) in [5.74, 6) is 0. The maximum atomic E-state index is 12.3. The van der Waals surface area contributed by atoms with Crippen LogP contribution < -0.4 is 5.32 Å². The van der Waals surface area contributed by atoms with Gasteiger partial charge in [-0.25, -0.2) is 8.42 Å². The van der Waals surface area contributed by atoms with E-state index in [4.69, 9.17) is 7.05 Å². The first kappa shape index (κ1) is 12.4. The van der Waals surface area contributed by atoms with Gasteiger partial charge in [-0.1, -0.05) is 6.42 Å². The van der Waals surface area contributed by atoms with Gasteiger partial charge in [0.1, 0.15) is 0 Å². The molecule has 1 aliphatic heterocycles. The van der Waals surface area contributed by atoms with Gasteiger partial charge in [-0.3, -0.25) is 0 Å². The molecular formula is C12H16N2O2S. The zero-order valence-corrected chi connectivity index (χ0v) is 10.4. The van der Waals surface area contributed by atoms with Gasteiger partial charge in [-0.2, -0.15) is 4.31 Å². The number of rotatable bonds is 3. The van der Waals surface area contributed by atoms with Crippen molar-refractivity contribution in [1.82, 2.24) is 4.31 Å². The Morgan fingerprint density at radius 3 is 2.18 bits per heavy atom. The Balaban J connectivity index is 2.23. The molecule has 4 nitrogen and oxygen atoms in total. The molecule has 1 aliphatic rings. The number of hydrogen-bond donors (Lipinski definition) is 1. The van der Waals surface area contributed by atoms with Gasteiger partial charge in [0.25, 0.3) is 0 Å². The fourth-order valence-electron chi connectivity index (χ4n) is 1.98. The summed E-state index contributed by atoms with van der Waals surface area (Å²) in [6, 6.07) is 6.49. The van der Waals surface area contributed by atoms with E-state index in [-0.39, 0.29) is 0 Å². The molecule has 1 saturated heterocycles. The van der Waals surface area contributed by atoms with Crippen molar-refractivity contribution in [2.45, 2.75) is 24.2 Å². The third-order valence-electron chi connectivity index (χ3n) is 2.97. The third-order valence-corrected chi connectivity index (χ3v) is 4.89. The van der Waals surface area contributed by atoms with Gasteiger partial charge < -0.3 is 5.32 Å². The number of piperidine rings is 1. The van der Waals surface area contributed by atoms with Crippen molar-refractivity contribution in [3.05, 3.63) is 31.3 Å². The van der Waals surface area contributed by atoms with E-state index in [9.17, 15) is 8.42 Å². The molecule has 0 saturated carbocycles. The molecule has 2 rings (SSSR count). The number of nitrogens with zero attached hydrogens (tertiary/aromatic N) is 1. The summed E-state index contributed by atoms with van der Waals surface area (Å²) in [5.41, 5.74) is 0.697. The van der Waals surface area contributed by atoms with Gasteiger partial charge >= 0.3 is 0 Å². The maximum absolute atomic E-state index is 12.3. The van der Waals surface area contributed by atoms with E-state index in [2.05, 4.69) is 5.32 Å². The molecule has 2 radical (unpaired) electrons. The lowest BCUT2D eigenvalue weighted by atomic mass is 10.2. The minimum Gasteiger partial charge on any atom is -0.378 e. The molecule has 1 aromatic rings. The predicted molar refractivity (Wildman–Crippen MR) is 67.0 cm³/mol. The van der Waals surface area contributed by atoms with E-state index in [1.54, 1.807) is 28.6 Å². The number of hydrogen-bond acceptors (Lipinski definition) is 3. The van der Waals surface area contributed by atoms with E-state index in [1.807, 2.05) is 0 Å². The topological polar surface area (TPSA) is 49.4 Å². The molecular weight excluding hydrogens is 236 g/mol. The highest BCUT2D eigenvalue weighted by molar-refractivity contribution is 7.89. The molecule has 0 unspecified atom stereocenters. The molecule has 1 N–H and O–H groups in total. The number of sulfonamides is 1. The Bertz CT molecular complexity index is 462. The van der Waals surface area contributed by atoms with Crippen molar-refractivity contribution in [2.75, 3.05) is 18.4 Å². The first-order valence-corrected chi connectivity index (χ1v) is 7.15. The zero-order chi connectivity index (χ0) is 12.3. The van der Waals surface area contributed by atoms with Crippen LogP contribution in [-0.4, -0.2) is 25.8 Å². The summed E-state index contributed by atoms with van der Waals surface area (Å²) in [7, 11) is 1.92. The molecule has 0 spiro atoms. The van der Waals surface area contributed by atoms with Crippen LogP contribution in [0.3, 0.4) is 0 Å². The summed E-state index contributed by atoms with van der Waals surface area (Å²) in [4.78, 5) is 0.332. The first-order chi connectivity index (χ1) is 8.14. The van der Waals surface area contributed by atoms with Crippen LogP contribution in [0.2, 0.25) is 0 Å². The molecule has 1 fully saturated rings. The lowest BCUT2D eigenvalue weighted by Crippen LogP contribution is -2.35. The molecule has 0 amide bonds. The van der Waals surface area contributed by atoms with Crippen molar-refractivity contribution in [2.24, 2.45) is 0 Å². The number of anilines is 1. The Morgan fingerprint density at radius 2 is 1.65 bits per heavy atom. The highest BCUT2D eigenvalue weighted by atomic mass is 32.2. The van der Waals surface area contributed by atoms with Gasteiger partial charge in [0, 0.05) is 18.8 Å². The zero-order valence-electron chi connectivity index (χ0n) is 9.59. The summed E-state index contributed by atoms with van der Waals surface area (Å²) >= 11 is 0. The standard InChI is InChI=1S/C12H16N2O2S/c1-13-11-5-7-12(8-6-11)17(15,16)14-9-3-2-4-10-14/h1,5-8,13H,2-4,9-10H2. The normalized spacial score (nSPS) is 17.9. The third kappa shape index (κ3) is 2.61. The summed E-state index contributed by atoms with van der Waals surface area (Å²) in [6.07, 6.45) is 3.01. The smallest absolute Gasteiger partial charge is 0.243 e. The average Bonchev–Trinajstić information content (AvgIpc) is 2.40. The van der Waals surface area contributed by atoms with Crippen molar-refractivity contribution >= 4 is 15.7 Å². The second-order valence-corrected chi connectivity index (χ2v) is 6.07. The molecule has 1 aromatic carbocycles. The van der Waals surface area contributed by atoms with Gasteiger partial charge in [-0.05, 0) is 37.1 Å². The summed E-state index contributed by atoms with van der Waals surface area (Å²) in [5, 5.41) is 2.48. The molecule has 5 heteroatoms. The molecule has 0 aromatic heterocycles. The Kier molecular flexibility index (Phi) is 3.69. The Hall–Kier alpha value is -1.07. The molecule has 92 valence electrons. The van der Waals surface area contributed by atoms with E-state index < -0.39 is 10.0 Å². The van der Waals surface area contributed by atoms with Crippen LogP contribution in [0.15, 0.2) is 29.2 Å². The molecule has 1 heterocycles. The maximum Gasteiger partial charge on any atom is 0.243 e. The van der Waals surface area contributed by atoms with Crippen LogP contribution in [-0.2, 0) is 10.0 Å². The number of nitrogens with one attached hydrogen (secondary N) is 1. The largest absolute Gasteiger partial charge is 0.378 e. The molecule has 0 atom stereocenters. The van der Waals surface area contributed by atoms with E-state index in [0.717, 1.165) is 19.3 Å². The molecule has 17 heavy (non-hydrogen) atoms. The van der Waals surface area contributed by atoms with Gasteiger partial charge in [0.2, 0.25) is 10.0 Å². The average molecular weight is 252 g/mol. The second-order valence-electron chi connectivity index (χ2n) is 4.13. The first-order valence-electron chi connectivity index (χ1n) is 5.71. The van der Waals surface area contributed by atoms with Crippen LogP contribution in [0.25, 0.3) is 0 Å². The highest BCUT2D eigenvalue weighted by Crippen LogP contribution is 2.21. The van der Waals surface area contributed by atoms with E-state index in [1.165, 1.54) is 0 Å². The summed E-state index contributed by atoms with van der Waals surface area (Å²) in [6.45, 7) is 1.25. The predicted octanol–water partition coefficient (Wildman–Crippen LogP) is 1.94. The van der Waals surface area contributed by atoms with Gasteiger partial charge in [-0.15, -0.1) is 0 Å². The Labute approximate surface area is 103 Å². The van der Waals surface area contributed by atoms with E-state index >= 15 is 0 Å². The SMILES string of the molecule is [CH]Nc1ccc(S(=O)(=O)N2CCCCC2)cc1. The van der Waals surface area contributed by atoms with Gasteiger partial charge in [0.15, 0.2) is 0 Å². The monoisotopic (exact) mass is 252 g/mol. The van der Waals surface area contributed by atoms with Crippen LogP contribution >= 0.6 is 0 Å². The minimum atomic E-state index is -3.32. The lowest BCUT2D eigenvalue weighted by Gasteiger charge is -2.25. The quantitative estimate of drug-likeness (QED) is 0.836. The van der Waals surface area contributed by atoms with Crippen molar-refractivity contribution in [3.8, 4) is 0 Å². The fraction of sp³-hybridized carbons (Fsp3) is 0.417. The van der Waals surface area contributed by atoms with Crippen LogP contribution in [0.4, 0.5) is 5.69 Å². The fourth-order valence-corrected chi connectivity index (χ4v) is 3.49.